The Morgan fingerprint density at radius 1 is 1.17 bits per heavy atom. The molecule has 150 valence electrons. The van der Waals surface area contributed by atoms with Gasteiger partial charge in [0.05, 0.1) is 18.7 Å². The Morgan fingerprint density at radius 3 is 2.55 bits per heavy atom. The van der Waals surface area contributed by atoms with Crippen molar-refractivity contribution in [3.63, 3.8) is 0 Å². The van der Waals surface area contributed by atoms with Gasteiger partial charge in [0.1, 0.15) is 17.8 Å². The van der Waals surface area contributed by atoms with E-state index >= 15 is 0 Å². The predicted octanol–water partition coefficient (Wildman–Crippen LogP) is 4.01. The summed E-state index contributed by atoms with van der Waals surface area (Å²) in [6.07, 6.45) is -0.557. The maximum absolute atomic E-state index is 12.5. The highest BCUT2D eigenvalue weighted by molar-refractivity contribution is 7.84. The highest BCUT2D eigenvalue weighted by atomic mass is 32.1. The van der Waals surface area contributed by atoms with Gasteiger partial charge in [-0.05, 0) is 61.7 Å². The fraction of sp³-hybridized carbons (Fsp3) is 0.273. The van der Waals surface area contributed by atoms with Crippen molar-refractivity contribution in [2.24, 2.45) is 0 Å². The van der Waals surface area contributed by atoms with Gasteiger partial charge in [0.2, 0.25) is 0 Å². The van der Waals surface area contributed by atoms with E-state index in [1.807, 2.05) is 68.1 Å². The van der Waals surface area contributed by atoms with Crippen molar-refractivity contribution in [1.82, 2.24) is 5.32 Å². The minimum atomic E-state index is -0.557. The van der Waals surface area contributed by atoms with Crippen LogP contribution in [0.2, 0.25) is 0 Å². The Morgan fingerprint density at radius 2 is 1.93 bits per heavy atom. The molecule has 0 fully saturated rings. The Kier molecular flexibility index (Phi) is 6.04. The van der Waals surface area contributed by atoms with Crippen LogP contribution < -0.4 is 19.7 Å². The molecule has 1 amide bonds. The number of carbonyl (C=O) groups is 1. The molecule has 0 radical (unpaired) electrons. The number of hydrogen-bond donors (Lipinski definition) is 2. The summed E-state index contributed by atoms with van der Waals surface area (Å²) < 4.78 is 11.1. The topological polar surface area (TPSA) is 74.6 Å². The molecule has 2 aromatic rings. The summed E-state index contributed by atoms with van der Waals surface area (Å²) in [6, 6.07) is 13.4. The maximum Gasteiger partial charge on any atom is 0.266 e. The summed E-state index contributed by atoms with van der Waals surface area (Å²) in [5, 5.41) is 12.7. The lowest BCUT2D eigenvalue weighted by molar-refractivity contribution is -0.118. The third-order valence-corrected chi connectivity index (χ3v) is 5.33. The molecule has 1 atom stereocenters. The highest BCUT2D eigenvalue weighted by Crippen LogP contribution is 2.39. The fourth-order valence-electron chi connectivity index (χ4n) is 3.21. The van der Waals surface area contributed by atoms with Crippen LogP contribution in [0.4, 0.5) is 5.69 Å². The number of hydrogen-bond acceptors (Lipinski definition) is 6. The monoisotopic (exact) mass is 409 g/mol. The number of benzene rings is 2. The van der Waals surface area contributed by atoms with Gasteiger partial charge in [0.15, 0.2) is 11.5 Å². The van der Waals surface area contributed by atoms with Crippen LogP contribution in [-0.2, 0) is 4.79 Å². The van der Waals surface area contributed by atoms with Gasteiger partial charge < -0.3 is 19.7 Å². The van der Waals surface area contributed by atoms with E-state index in [2.05, 4.69) is 17.9 Å². The SMILES string of the molecule is CCOc1ccc(C2NC(=O)C(C#N)=C(S)N2c2ccc(C)c(C)c2)cc1OC. The van der Waals surface area contributed by atoms with Gasteiger partial charge in [-0.15, -0.1) is 12.6 Å². The first kappa shape index (κ1) is 20.6. The molecule has 0 saturated carbocycles. The summed E-state index contributed by atoms with van der Waals surface area (Å²) in [6.45, 7) is 6.46. The number of nitriles is 1. The van der Waals surface area contributed by atoms with Gasteiger partial charge in [-0.1, -0.05) is 12.1 Å². The number of methoxy groups -OCH3 is 1. The normalized spacial score (nSPS) is 16.3. The quantitative estimate of drug-likeness (QED) is 0.730. The third kappa shape index (κ3) is 3.89. The summed E-state index contributed by atoms with van der Waals surface area (Å²) in [4.78, 5) is 14.4. The first-order valence-electron chi connectivity index (χ1n) is 9.22. The third-order valence-electron chi connectivity index (χ3n) is 4.89. The Balaban J connectivity index is 2.15. The van der Waals surface area contributed by atoms with Gasteiger partial charge >= 0.3 is 0 Å². The van der Waals surface area contributed by atoms with Crippen LogP contribution in [0.1, 0.15) is 29.8 Å². The lowest BCUT2D eigenvalue weighted by Crippen LogP contribution is -2.46. The van der Waals surface area contributed by atoms with Crippen molar-refractivity contribution in [2.75, 3.05) is 18.6 Å². The highest BCUT2D eigenvalue weighted by Gasteiger charge is 2.34. The first-order chi connectivity index (χ1) is 13.9. The molecule has 0 aromatic heterocycles. The minimum Gasteiger partial charge on any atom is -0.493 e. The molecule has 7 heteroatoms. The summed E-state index contributed by atoms with van der Waals surface area (Å²) in [7, 11) is 1.57. The van der Waals surface area contributed by atoms with Crippen LogP contribution in [0.5, 0.6) is 11.5 Å². The molecule has 0 aliphatic carbocycles. The van der Waals surface area contributed by atoms with E-state index in [0.717, 1.165) is 22.4 Å². The molecule has 1 unspecified atom stereocenters. The molecule has 1 aliphatic heterocycles. The van der Waals surface area contributed by atoms with Crippen LogP contribution in [0.3, 0.4) is 0 Å². The Labute approximate surface area is 176 Å². The Hall–Kier alpha value is -3.11. The number of rotatable bonds is 5. The van der Waals surface area contributed by atoms with Gasteiger partial charge in [0, 0.05) is 5.69 Å². The molecule has 3 rings (SSSR count). The van der Waals surface area contributed by atoms with Crippen LogP contribution in [0, 0.1) is 25.2 Å². The zero-order chi connectivity index (χ0) is 21.1. The van der Waals surface area contributed by atoms with Crippen molar-refractivity contribution in [3.8, 4) is 17.6 Å². The van der Waals surface area contributed by atoms with E-state index < -0.39 is 12.1 Å². The van der Waals surface area contributed by atoms with Gasteiger partial charge in [-0.3, -0.25) is 4.79 Å². The van der Waals surface area contributed by atoms with E-state index in [0.29, 0.717) is 23.1 Å². The standard InChI is InChI=1S/C22H23N3O3S/c1-5-28-18-9-7-15(11-19(18)27-4)20-24-21(26)17(12-23)22(29)25(20)16-8-6-13(2)14(3)10-16/h6-11,20,29H,5H2,1-4H3,(H,24,26). The zero-order valence-corrected chi connectivity index (χ0v) is 17.7. The second-order valence-electron chi connectivity index (χ2n) is 6.67. The number of nitrogens with zero attached hydrogens (tertiary/aromatic N) is 2. The lowest BCUT2D eigenvalue weighted by Gasteiger charge is -2.38. The van der Waals surface area contributed by atoms with E-state index in [1.165, 1.54) is 0 Å². The molecule has 1 aliphatic rings. The molecule has 2 aromatic carbocycles. The zero-order valence-electron chi connectivity index (χ0n) is 16.8. The molecule has 0 saturated heterocycles. The van der Waals surface area contributed by atoms with E-state index in [4.69, 9.17) is 9.47 Å². The molecule has 0 bridgehead atoms. The van der Waals surface area contributed by atoms with E-state index in [-0.39, 0.29) is 5.57 Å². The van der Waals surface area contributed by atoms with Gasteiger partial charge in [-0.2, -0.15) is 5.26 Å². The number of carbonyl (C=O) groups excluding carboxylic acids is 1. The molecule has 29 heavy (non-hydrogen) atoms. The Bertz CT molecular complexity index is 1030. The molecule has 1 N–H and O–H groups in total. The molecular weight excluding hydrogens is 386 g/mol. The number of anilines is 1. The maximum atomic E-state index is 12.5. The fourth-order valence-corrected chi connectivity index (χ4v) is 3.60. The second-order valence-corrected chi connectivity index (χ2v) is 7.09. The summed E-state index contributed by atoms with van der Waals surface area (Å²) >= 11 is 4.54. The van der Waals surface area contributed by atoms with Crippen molar-refractivity contribution in [3.05, 3.63) is 63.7 Å². The number of thiol groups is 1. The van der Waals surface area contributed by atoms with Gasteiger partial charge in [0.25, 0.3) is 5.91 Å². The van der Waals surface area contributed by atoms with E-state index in [1.54, 1.807) is 7.11 Å². The van der Waals surface area contributed by atoms with Crippen LogP contribution >= 0.6 is 12.6 Å². The predicted molar refractivity (Wildman–Crippen MR) is 115 cm³/mol. The number of ether oxygens (including phenoxy) is 2. The molecular formula is C22H23N3O3S. The second kappa shape index (κ2) is 8.50. The number of amides is 1. The van der Waals surface area contributed by atoms with Crippen LogP contribution in [-0.4, -0.2) is 19.6 Å². The molecule has 0 spiro atoms. The van der Waals surface area contributed by atoms with Crippen LogP contribution in [0.25, 0.3) is 0 Å². The lowest BCUT2D eigenvalue weighted by atomic mass is 10.0. The van der Waals surface area contributed by atoms with Crippen LogP contribution in [0.15, 0.2) is 47.0 Å². The van der Waals surface area contributed by atoms with E-state index in [9.17, 15) is 10.1 Å². The van der Waals surface area contributed by atoms with Crippen molar-refractivity contribution < 1.29 is 14.3 Å². The van der Waals surface area contributed by atoms with Crippen molar-refractivity contribution in [1.29, 1.82) is 5.26 Å². The molecule has 6 nitrogen and oxygen atoms in total. The smallest absolute Gasteiger partial charge is 0.266 e. The average molecular weight is 410 g/mol. The minimum absolute atomic E-state index is 0.0271. The molecule has 1 heterocycles. The first-order valence-corrected chi connectivity index (χ1v) is 9.67. The summed E-state index contributed by atoms with van der Waals surface area (Å²) in [5.74, 6) is 0.725. The van der Waals surface area contributed by atoms with Crippen molar-refractivity contribution in [2.45, 2.75) is 26.9 Å². The largest absolute Gasteiger partial charge is 0.493 e. The number of nitrogens with one attached hydrogen (secondary N) is 1. The summed E-state index contributed by atoms with van der Waals surface area (Å²) in [5.41, 5.74) is 3.83. The van der Waals surface area contributed by atoms with Crippen molar-refractivity contribution >= 4 is 24.2 Å². The van der Waals surface area contributed by atoms with Gasteiger partial charge in [-0.25, -0.2) is 0 Å². The average Bonchev–Trinajstić information content (AvgIpc) is 2.70. The number of aryl methyl sites for hydroxylation is 2.